The highest BCUT2D eigenvalue weighted by molar-refractivity contribution is 7.08. The van der Waals surface area contributed by atoms with Crippen LogP contribution < -0.4 is 5.32 Å². The minimum Gasteiger partial charge on any atom is -0.481 e. The Balaban J connectivity index is 1.47. The van der Waals surface area contributed by atoms with E-state index in [1.165, 1.54) is 0 Å². The van der Waals surface area contributed by atoms with Gasteiger partial charge in [0.2, 0.25) is 17.6 Å². The summed E-state index contributed by atoms with van der Waals surface area (Å²) >= 11 is 1.54. The quantitative estimate of drug-likeness (QED) is 0.573. The fraction of sp³-hybridized carbons (Fsp3) is 0.300. The summed E-state index contributed by atoms with van der Waals surface area (Å²) in [6.07, 6.45) is 0.825. The van der Waals surface area contributed by atoms with Crippen molar-refractivity contribution >= 4 is 23.2 Å². The molecule has 0 radical (unpaired) electrons. The maximum Gasteiger partial charge on any atom is 0.308 e. The van der Waals surface area contributed by atoms with Crippen molar-refractivity contribution in [2.75, 3.05) is 6.54 Å². The molecule has 3 rings (SSSR count). The van der Waals surface area contributed by atoms with Crippen molar-refractivity contribution in [2.45, 2.75) is 26.2 Å². The van der Waals surface area contributed by atoms with Crippen LogP contribution in [0.5, 0.6) is 0 Å². The molecule has 0 aliphatic rings. The van der Waals surface area contributed by atoms with Crippen LogP contribution in [0, 0.1) is 12.8 Å². The van der Waals surface area contributed by atoms with Gasteiger partial charge in [0.05, 0.1) is 5.92 Å². The van der Waals surface area contributed by atoms with Crippen molar-refractivity contribution in [3.63, 3.8) is 0 Å². The van der Waals surface area contributed by atoms with E-state index in [1.54, 1.807) is 11.3 Å². The number of carbonyl (C=O) groups excluding carboxylic acids is 1. The van der Waals surface area contributed by atoms with Gasteiger partial charge in [-0.05, 0) is 30.4 Å². The molecule has 0 bridgehead atoms. The van der Waals surface area contributed by atoms with Crippen LogP contribution in [0.25, 0.3) is 11.4 Å². The molecule has 3 aromatic rings. The minimum atomic E-state index is -0.931. The van der Waals surface area contributed by atoms with E-state index in [0.29, 0.717) is 24.6 Å². The number of hydrogen-bond acceptors (Lipinski definition) is 6. The van der Waals surface area contributed by atoms with Gasteiger partial charge in [-0.15, -0.1) is 0 Å². The lowest BCUT2D eigenvalue weighted by atomic mass is 9.98. The van der Waals surface area contributed by atoms with Crippen molar-refractivity contribution < 1.29 is 19.2 Å². The number of carboxylic acids is 1. The van der Waals surface area contributed by atoms with Gasteiger partial charge in [0, 0.05) is 30.3 Å². The Morgan fingerprint density at radius 1 is 1.32 bits per heavy atom. The van der Waals surface area contributed by atoms with Gasteiger partial charge in [0.1, 0.15) is 0 Å². The summed E-state index contributed by atoms with van der Waals surface area (Å²) in [6, 6.07) is 9.61. The Kier molecular flexibility index (Phi) is 6.54. The third kappa shape index (κ3) is 5.50. The summed E-state index contributed by atoms with van der Waals surface area (Å²) in [5.74, 6) is -0.976. The number of carboxylic acid groups (broad SMARTS) is 1. The molecule has 146 valence electrons. The predicted octanol–water partition coefficient (Wildman–Crippen LogP) is 3.10. The number of nitrogens with zero attached hydrogens (tertiary/aromatic N) is 2. The molecule has 1 amide bonds. The molecular formula is C20H21N3O4S. The van der Waals surface area contributed by atoms with E-state index in [1.807, 2.05) is 48.0 Å². The number of hydrogen-bond donors (Lipinski definition) is 2. The van der Waals surface area contributed by atoms with Gasteiger partial charge in [-0.1, -0.05) is 35.0 Å². The van der Waals surface area contributed by atoms with Gasteiger partial charge in [-0.25, -0.2) is 0 Å². The first-order valence-corrected chi connectivity index (χ1v) is 9.86. The number of aryl methyl sites for hydroxylation is 2. The van der Waals surface area contributed by atoms with Gasteiger partial charge < -0.3 is 14.9 Å². The SMILES string of the molecule is Cc1cccc(CC(CNC(=O)CCc2nc(-c3ccsc3)no2)C(=O)O)c1. The molecular weight excluding hydrogens is 378 g/mol. The zero-order valence-electron chi connectivity index (χ0n) is 15.4. The number of nitrogens with one attached hydrogen (secondary N) is 1. The molecule has 0 saturated heterocycles. The highest BCUT2D eigenvalue weighted by atomic mass is 32.1. The predicted molar refractivity (Wildman–Crippen MR) is 105 cm³/mol. The van der Waals surface area contributed by atoms with Crippen molar-refractivity contribution in [2.24, 2.45) is 5.92 Å². The summed E-state index contributed by atoms with van der Waals surface area (Å²) < 4.78 is 5.16. The van der Waals surface area contributed by atoms with E-state index in [0.717, 1.165) is 16.7 Å². The van der Waals surface area contributed by atoms with Gasteiger partial charge >= 0.3 is 5.97 Å². The van der Waals surface area contributed by atoms with Crippen LogP contribution in [0.3, 0.4) is 0 Å². The Hall–Kier alpha value is -3.00. The molecule has 0 spiro atoms. The summed E-state index contributed by atoms with van der Waals surface area (Å²) in [5.41, 5.74) is 2.89. The highest BCUT2D eigenvalue weighted by Gasteiger charge is 2.19. The first kappa shape index (κ1) is 19.8. The molecule has 1 atom stereocenters. The molecule has 2 N–H and O–H groups in total. The molecule has 1 aromatic carbocycles. The van der Waals surface area contributed by atoms with E-state index in [2.05, 4.69) is 15.5 Å². The third-order valence-electron chi connectivity index (χ3n) is 4.27. The summed E-state index contributed by atoms with van der Waals surface area (Å²) in [7, 11) is 0. The van der Waals surface area contributed by atoms with E-state index in [-0.39, 0.29) is 18.9 Å². The van der Waals surface area contributed by atoms with Crippen LogP contribution in [0.2, 0.25) is 0 Å². The number of aliphatic carboxylic acids is 1. The average Bonchev–Trinajstić information content (AvgIpc) is 3.34. The smallest absolute Gasteiger partial charge is 0.308 e. The van der Waals surface area contributed by atoms with Crippen molar-refractivity contribution in [1.29, 1.82) is 0 Å². The van der Waals surface area contributed by atoms with Crippen molar-refractivity contribution in [3.05, 3.63) is 58.1 Å². The maximum absolute atomic E-state index is 12.1. The average molecular weight is 399 g/mol. The van der Waals surface area contributed by atoms with E-state index in [9.17, 15) is 14.7 Å². The molecule has 7 nitrogen and oxygen atoms in total. The zero-order valence-corrected chi connectivity index (χ0v) is 16.2. The fourth-order valence-electron chi connectivity index (χ4n) is 2.78. The summed E-state index contributed by atoms with van der Waals surface area (Å²) in [6.45, 7) is 2.04. The second-order valence-corrected chi connectivity index (χ2v) is 7.34. The van der Waals surface area contributed by atoms with Crippen LogP contribution in [0.4, 0.5) is 0 Å². The number of amides is 1. The number of thiophene rings is 1. The molecule has 0 aliphatic carbocycles. The maximum atomic E-state index is 12.1. The molecule has 2 heterocycles. The second-order valence-electron chi connectivity index (χ2n) is 6.56. The topological polar surface area (TPSA) is 105 Å². The largest absolute Gasteiger partial charge is 0.481 e. The molecule has 8 heteroatoms. The fourth-order valence-corrected chi connectivity index (χ4v) is 3.42. The second kappa shape index (κ2) is 9.27. The van der Waals surface area contributed by atoms with Crippen LogP contribution in [-0.2, 0) is 22.4 Å². The first-order chi connectivity index (χ1) is 13.5. The van der Waals surface area contributed by atoms with E-state index in [4.69, 9.17) is 4.52 Å². The lowest BCUT2D eigenvalue weighted by Gasteiger charge is -2.13. The molecule has 0 aliphatic heterocycles. The standard InChI is InChI=1S/C20H21N3O4S/c1-13-3-2-4-14(9-13)10-16(20(25)26)11-21-17(24)5-6-18-22-19(23-27-18)15-7-8-28-12-15/h2-4,7-9,12,16H,5-6,10-11H2,1H3,(H,21,24)(H,25,26). The lowest BCUT2D eigenvalue weighted by Crippen LogP contribution is -2.34. The number of rotatable bonds is 9. The molecule has 0 saturated carbocycles. The Morgan fingerprint density at radius 2 is 2.18 bits per heavy atom. The Labute approximate surface area is 166 Å². The van der Waals surface area contributed by atoms with Crippen LogP contribution in [0.1, 0.15) is 23.4 Å². The molecule has 0 fully saturated rings. The summed E-state index contributed by atoms with van der Waals surface area (Å²) in [4.78, 5) is 27.9. The van der Waals surface area contributed by atoms with Crippen molar-refractivity contribution in [3.8, 4) is 11.4 Å². The van der Waals surface area contributed by atoms with Crippen LogP contribution in [0.15, 0.2) is 45.6 Å². The molecule has 28 heavy (non-hydrogen) atoms. The zero-order chi connectivity index (χ0) is 19.9. The summed E-state index contributed by atoms with van der Waals surface area (Å²) in [5, 5.41) is 19.9. The normalized spacial score (nSPS) is 11.9. The van der Waals surface area contributed by atoms with Gasteiger partial charge in [-0.3, -0.25) is 9.59 Å². The van der Waals surface area contributed by atoms with E-state index >= 15 is 0 Å². The Morgan fingerprint density at radius 3 is 2.89 bits per heavy atom. The van der Waals surface area contributed by atoms with E-state index < -0.39 is 11.9 Å². The first-order valence-electron chi connectivity index (χ1n) is 8.91. The monoisotopic (exact) mass is 399 g/mol. The number of carbonyl (C=O) groups is 2. The molecule has 2 aromatic heterocycles. The van der Waals surface area contributed by atoms with Crippen molar-refractivity contribution in [1.82, 2.24) is 15.5 Å². The highest BCUT2D eigenvalue weighted by Crippen LogP contribution is 2.19. The van der Waals surface area contributed by atoms with Crippen LogP contribution >= 0.6 is 11.3 Å². The lowest BCUT2D eigenvalue weighted by molar-refractivity contribution is -0.141. The number of benzene rings is 1. The van der Waals surface area contributed by atoms with Gasteiger partial charge in [0.25, 0.3) is 0 Å². The van der Waals surface area contributed by atoms with Gasteiger partial charge in [0.15, 0.2) is 0 Å². The van der Waals surface area contributed by atoms with Crippen LogP contribution in [-0.4, -0.2) is 33.7 Å². The minimum absolute atomic E-state index is 0.0755. The third-order valence-corrected chi connectivity index (χ3v) is 4.96. The Bertz CT molecular complexity index is 937. The molecule has 1 unspecified atom stereocenters. The number of aromatic nitrogens is 2. The van der Waals surface area contributed by atoms with Gasteiger partial charge in [-0.2, -0.15) is 16.3 Å².